The van der Waals surface area contributed by atoms with Crippen LogP contribution in [-0.2, 0) is 7.05 Å². The first-order valence-corrected chi connectivity index (χ1v) is 8.67. The number of rotatable bonds is 3. The van der Waals surface area contributed by atoms with Gasteiger partial charge in [-0.05, 0) is 58.0 Å². The number of benzene rings is 1. The summed E-state index contributed by atoms with van der Waals surface area (Å²) in [5, 5.41) is 10.9. The molecule has 2 aromatic heterocycles. The number of fused-ring (bicyclic) bond motifs is 1. The lowest BCUT2D eigenvalue weighted by Gasteiger charge is -2.20. The van der Waals surface area contributed by atoms with Crippen molar-refractivity contribution in [3.63, 3.8) is 0 Å². The number of aryl methyl sites for hydroxylation is 2. The highest BCUT2D eigenvalue weighted by Crippen LogP contribution is 2.20. The van der Waals surface area contributed by atoms with Crippen LogP contribution in [0.2, 0.25) is 0 Å². The minimum atomic E-state index is -0.316. The van der Waals surface area contributed by atoms with E-state index in [1.165, 1.54) is 0 Å². The summed E-state index contributed by atoms with van der Waals surface area (Å²) in [5.41, 5.74) is 2.87. The van der Waals surface area contributed by atoms with Crippen LogP contribution in [0.3, 0.4) is 0 Å². The Kier molecular flexibility index (Phi) is 4.70. The van der Waals surface area contributed by atoms with Crippen LogP contribution < -0.4 is 10.6 Å². The van der Waals surface area contributed by atoms with Gasteiger partial charge in [-0.25, -0.2) is 4.98 Å². The van der Waals surface area contributed by atoms with E-state index in [1.807, 2.05) is 40.8 Å². The molecular formula is C20H23N5O2. The number of hydrogen-bond donors (Lipinski definition) is 2. The van der Waals surface area contributed by atoms with Crippen molar-refractivity contribution >= 4 is 28.5 Å². The zero-order valence-electron chi connectivity index (χ0n) is 16.1. The van der Waals surface area contributed by atoms with Crippen LogP contribution in [0.4, 0.5) is 5.69 Å². The van der Waals surface area contributed by atoms with Crippen molar-refractivity contribution in [3.05, 3.63) is 53.3 Å². The Labute approximate surface area is 157 Å². The highest BCUT2D eigenvalue weighted by atomic mass is 16.2. The minimum Gasteiger partial charge on any atom is -0.347 e. The molecule has 3 rings (SSSR count). The number of carbonyl (C=O) groups is 2. The lowest BCUT2D eigenvalue weighted by atomic mass is 10.1. The number of anilines is 1. The monoisotopic (exact) mass is 365 g/mol. The number of nitrogens with zero attached hydrogens (tertiary/aromatic N) is 3. The molecule has 0 saturated heterocycles. The summed E-state index contributed by atoms with van der Waals surface area (Å²) in [6, 6.07) is 8.40. The second-order valence-corrected chi connectivity index (χ2v) is 7.54. The van der Waals surface area contributed by atoms with Crippen LogP contribution in [0.25, 0.3) is 11.0 Å². The zero-order chi connectivity index (χ0) is 19.8. The van der Waals surface area contributed by atoms with Crippen molar-refractivity contribution < 1.29 is 9.59 Å². The van der Waals surface area contributed by atoms with E-state index in [4.69, 9.17) is 0 Å². The first kappa shape index (κ1) is 18.6. The fourth-order valence-corrected chi connectivity index (χ4v) is 2.77. The van der Waals surface area contributed by atoms with Crippen molar-refractivity contribution in [3.8, 4) is 0 Å². The number of amides is 2. The molecule has 0 unspecified atom stereocenters. The summed E-state index contributed by atoms with van der Waals surface area (Å²) in [6.45, 7) is 7.65. The van der Waals surface area contributed by atoms with E-state index in [-0.39, 0.29) is 17.4 Å². The van der Waals surface area contributed by atoms with Gasteiger partial charge >= 0.3 is 0 Å². The van der Waals surface area contributed by atoms with E-state index in [2.05, 4.69) is 20.7 Å². The van der Waals surface area contributed by atoms with Crippen molar-refractivity contribution in [1.82, 2.24) is 20.1 Å². The highest BCUT2D eigenvalue weighted by Gasteiger charge is 2.16. The average Bonchev–Trinajstić information content (AvgIpc) is 2.87. The molecule has 2 amide bonds. The van der Waals surface area contributed by atoms with Crippen LogP contribution in [0.5, 0.6) is 0 Å². The van der Waals surface area contributed by atoms with Gasteiger partial charge in [0.15, 0.2) is 5.65 Å². The molecule has 3 aromatic rings. The van der Waals surface area contributed by atoms with E-state index in [1.54, 1.807) is 35.1 Å². The molecule has 7 nitrogen and oxygen atoms in total. The average molecular weight is 365 g/mol. The lowest BCUT2D eigenvalue weighted by Crippen LogP contribution is -2.40. The van der Waals surface area contributed by atoms with Crippen LogP contribution in [0.1, 0.15) is 47.2 Å². The maximum atomic E-state index is 12.5. The Bertz CT molecular complexity index is 1010. The number of aromatic nitrogens is 3. The predicted molar refractivity (Wildman–Crippen MR) is 105 cm³/mol. The van der Waals surface area contributed by atoms with Gasteiger partial charge in [0.25, 0.3) is 11.8 Å². The smallest absolute Gasteiger partial charge is 0.255 e. The second kappa shape index (κ2) is 6.83. The lowest BCUT2D eigenvalue weighted by molar-refractivity contribution is 0.0918. The minimum absolute atomic E-state index is 0.170. The quantitative estimate of drug-likeness (QED) is 0.746. The molecule has 0 atom stereocenters. The third-order valence-corrected chi connectivity index (χ3v) is 4.02. The summed E-state index contributed by atoms with van der Waals surface area (Å²) in [5.74, 6) is -0.434. The Hall–Kier alpha value is -3.22. The van der Waals surface area contributed by atoms with Crippen molar-refractivity contribution in [2.75, 3.05) is 5.32 Å². The Morgan fingerprint density at radius 1 is 1.04 bits per heavy atom. The van der Waals surface area contributed by atoms with Gasteiger partial charge < -0.3 is 10.6 Å². The SMILES string of the molecule is Cc1nn(C)c2ncc(NC(=O)c3ccc(C(=O)NC(C)(C)C)cc3)cc12. The Balaban J connectivity index is 1.75. The van der Waals surface area contributed by atoms with Crippen LogP contribution >= 0.6 is 0 Å². The number of hydrogen-bond acceptors (Lipinski definition) is 4. The summed E-state index contributed by atoms with van der Waals surface area (Å²) in [4.78, 5) is 29.0. The molecule has 0 spiro atoms. The molecule has 0 aliphatic rings. The Morgan fingerprint density at radius 2 is 1.63 bits per heavy atom. The van der Waals surface area contributed by atoms with Gasteiger partial charge in [-0.1, -0.05) is 0 Å². The number of carbonyl (C=O) groups excluding carboxylic acids is 2. The molecular weight excluding hydrogens is 342 g/mol. The van der Waals surface area contributed by atoms with Crippen LogP contribution in [0, 0.1) is 6.92 Å². The van der Waals surface area contributed by atoms with Gasteiger partial charge in [-0.3, -0.25) is 14.3 Å². The third kappa shape index (κ3) is 4.13. The molecule has 140 valence electrons. The highest BCUT2D eigenvalue weighted by molar-refractivity contribution is 6.05. The predicted octanol–water partition coefficient (Wildman–Crippen LogP) is 3.06. The van der Waals surface area contributed by atoms with E-state index in [9.17, 15) is 9.59 Å². The molecule has 0 radical (unpaired) electrons. The van der Waals surface area contributed by atoms with Gasteiger partial charge in [0.05, 0.1) is 17.6 Å². The van der Waals surface area contributed by atoms with Gasteiger partial charge in [-0.15, -0.1) is 0 Å². The number of nitrogens with one attached hydrogen (secondary N) is 2. The van der Waals surface area contributed by atoms with Gasteiger partial charge in [0.1, 0.15) is 0 Å². The van der Waals surface area contributed by atoms with E-state index in [0.29, 0.717) is 16.8 Å². The summed E-state index contributed by atoms with van der Waals surface area (Å²) < 4.78 is 1.71. The first-order valence-electron chi connectivity index (χ1n) is 8.67. The molecule has 0 saturated carbocycles. The summed E-state index contributed by atoms with van der Waals surface area (Å²) in [7, 11) is 1.83. The topological polar surface area (TPSA) is 88.9 Å². The maximum absolute atomic E-state index is 12.5. The number of pyridine rings is 1. The first-order chi connectivity index (χ1) is 12.6. The second-order valence-electron chi connectivity index (χ2n) is 7.54. The molecule has 2 N–H and O–H groups in total. The molecule has 0 fully saturated rings. The standard InChI is InChI=1S/C20H23N5O2/c1-12-16-10-15(11-21-17(16)25(5)24-12)22-18(26)13-6-8-14(9-7-13)19(27)23-20(2,3)4/h6-11H,1-5H3,(H,22,26)(H,23,27). The molecule has 0 aliphatic carbocycles. The van der Waals surface area contributed by atoms with E-state index in [0.717, 1.165) is 16.7 Å². The molecule has 0 bridgehead atoms. The molecule has 27 heavy (non-hydrogen) atoms. The van der Waals surface area contributed by atoms with Crippen molar-refractivity contribution in [2.24, 2.45) is 7.05 Å². The van der Waals surface area contributed by atoms with Gasteiger partial charge in [0, 0.05) is 29.1 Å². The largest absolute Gasteiger partial charge is 0.347 e. The van der Waals surface area contributed by atoms with Crippen molar-refractivity contribution in [1.29, 1.82) is 0 Å². The molecule has 2 heterocycles. The van der Waals surface area contributed by atoms with Crippen LogP contribution in [0.15, 0.2) is 36.5 Å². The fourth-order valence-electron chi connectivity index (χ4n) is 2.77. The summed E-state index contributed by atoms with van der Waals surface area (Å²) >= 11 is 0. The fraction of sp³-hybridized carbons (Fsp3) is 0.300. The van der Waals surface area contributed by atoms with Gasteiger partial charge in [-0.2, -0.15) is 5.10 Å². The molecule has 1 aromatic carbocycles. The molecule has 7 heteroatoms. The van der Waals surface area contributed by atoms with Gasteiger partial charge in [0.2, 0.25) is 0 Å². The Morgan fingerprint density at radius 3 is 2.22 bits per heavy atom. The zero-order valence-corrected chi connectivity index (χ0v) is 16.1. The third-order valence-electron chi connectivity index (χ3n) is 4.02. The van der Waals surface area contributed by atoms with E-state index < -0.39 is 0 Å². The maximum Gasteiger partial charge on any atom is 0.255 e. The molecule has 0 aliphatic heterocycles. The van der Waals surface area contributed by atoms with Crippen molar-refractivity contribution in [2.45, 2.75) is 33.2 Å². The summed E-state index contributed by atoms with van der Waals surface area (Å²) in [6.07, 6.45) is 1.60. The normalized spacial score (nSPS) is 11.4. The van der Waals surface area contributed by atoms with E-state index >= 15 is 0 Å². The van der Waals surface area contributed by atoms with Crippen LogP contribution in [-0.4, -0.2) is 32.1 Å².